The van der Waals surface area contributed by atoms with Crippen LogP contribution in [0.3, 0.4) is 0 Å². The lowest BCUT2D eigenvalue weighted by molar-refractivity contribution is -0.121. The van der Waals surface area contributed by atoms with Crippen LogP contribution in [0.1, 0.15) is 51.9 Å². The molecule has 0 bridgehead atoms. The topological polar surface area (TPSA) is 84.5 Å². The smallest absolute Gasteiger partial charge is 0.240 e. The second kappa shape index (κ2) is 9.77. The van der Waals surface area contributed by atoms with Crippen LogP contribution in [0.15, 0.2) is 29.2 Å². The second-order valence-corrected chi connectivity index (χ2v) is 8.08. The zero-order valence-electron chi connectivity index (χ0n) is 14.8. The molecular weight excluding hydrogens is 340 g/mol. The van der Waals surface area contributed by atoms with Crippen molar-refractivity contribution in [1.82, 2.24) is 10.0 Å². The molecule has 0 aliphatic heterocycles. The summed E-state index contributed by atoms with van der Waals surface area (Å²) in [6.07, 6.45) is 6.94. The predicted molar refractivity (Wildman–Crippen MR) is 97.0 cm³/mol. The molecule has 25 heavy (non-hydrogen) atoms. The van der Waals surface area contributed by atoms with Crippen LogP contribution in [0.5, 0.6) is 5.75 Å². The standard InChI is InChI=1S/C18H28N2O4S/c1-2-24-16-9-11-17(12-10-16)25(22,23)19-14-13-18(21)20-15-7-5-3-4-6-8-15/h9-12,15,19H,2-8,13-14H2,1H3,(H,20,21). The fraction of sp³-hybridized carbons (Fsp3) is 0.611. The van der Waals surface area contributed by atoms with Crippen molar-refractivity contribution in [3.8, 4) is 5.75 Å². The molecule has 2 N–H and O–H groups in total. The monoisotopic (exact) mass is 368 g/mol. The molecule has 6 nitrogen and oxygen atoms in total. The highest BCUT2D eigenvalue weighted by molar-refractivity contribution is 7.89. The number of hydrogen-bond donors (Lipinski definition) is 2. The van der Waals surface area contributed by atoms with Crippen LogP contribution in [0.2, 0.25) is 0 Å². The Balaban J connectivity index is 1.78. The van der Waals surface area contributed by atoms with Gasteiger partial charge in [0, 0.05) is 19.0 Å². The summed E-state index contributed by atoms with van der Waals surface area (Å²) in [5.41, 5.74) is 0. The molecule has 1 aliphatic rings. The largest absolute Gasteiger partial charge is 0.494 e. The maximum atomic E-state index is 12.2. The number of carbonyl (C=O) groups is 1. The third-order valence-corrected chi connectivity index (χ3v) is 5.79. The van der Waals surface area contributed by atoms with E-state index in [9.17, 15) is 13.2 Å². The first-order chi connectivity index (χ1) is 12.0. The van der Waals surface area contributed by atoms with E-state index in [1.165, 1.54) is 25.0 Å². The highest BCUT2D eigenvalue weighted by atomic mass is 32.2. The van der Waals surface area contributed by atoms with Crippen molar-refractivity contribution < 1.29 is 17.9 Å². The molecular formula is C18H28N2O4S. The first kappa shape index (κ1) is 19.7. The molecule has 0 unspecified atom stereocenters. The number of ether oxygens (including phenoxy) is 1. The SMILES string of the molecule is CCOc1ccc(S(=O)(=O)NCCC(=O)NC2CCCCCC2)cc1. The minimum Gasteiger partial charge on any atom is -0.494 e. The summed E-state index contributed by atoms with van der Waals surface area (Å²) in [5.74, 6) is 0.533. The fourth-order valence-corrected chi connectivity index (χ4v) is 4.02. The number of rotatable bonds is 8. The van der Waals surface area contributed by atoms with Crippen LogP contribution in [0.4, 0.5) is 0 Å². The summed E-state index contributed by atoms with van der Waals surface area (Å²) in [4.78, 5) is 12.2. The van der Waals surface area contributed by atoms with Gasteiger partial charge >= 0.3 is 0 Å². The molecule has 1 aromatic rings. The Hall–Kier alpha value is -1.60. The molecule has 1 aliphatic carbocycles. The molecule has 0 atom stereocenters. The first-order valence-corrected chi connectivity index (χ1v) is 10.5. The predicted octanol–water partition coefficient (Wildman–Crippen LogP) is 2.59. The van der Waals surface area contributed by atoms with Gasteiger partial charge in [-0.05, 0) is 44.0 Å². The van der Waals surface area contributed by atoms with Crippen LogP contribution in [-0.2, 0) is 14.8 Å². The molecule has 0 heterocycles. The van der Waals surface area contributed by atoms with Crippen molar-refractivity contribution in [2.24, 2.45) is 0 Å². The van der Waals surface area contributed by atoms with Gasteiger partial charge in [-0.25, -0.2) is 13.1 Å². The van der Waals surface area contributed by atoms with E-state index in [2.05, 4.69) is 10.0 Å². The minimum absolute atomic E-state index is 0.0914. The van der Waals surface area contributed by atoms with Crippen LogP contribution in [0, 0.1) is 0 Å². The zero-order valence-corrected chi connectivity index (χ0v) is 15.6. The molecule has 1 fully saturated rings. The lowest BCUT2D eigenvalue weighted by atomic mass is 10.1. The van der Waals surface area contributed by atoms with Gasteiger partial charge in [-0.3, -0.25) is 4.79 Å². The van der Waals surface area contributed by atoms with Crippen molar-refractivity contribution >= 4 is 15.9 Å². The summed E-state index contributed by atoms with van der Waals surface area (Å²) < 4.78 is 32.2. The van der Waals surface area contributed by atoms with E-state index in [0.29, 0.717) is 12.4 Å². The van der Waals surface area contributed by atoms with Crippen molar-refractivity contribution in [3.63, 3.8) is 0 Å². The lowest BCUT2D eigenvalue weighted by Crippen LogP contribution is -2.36. The van der Waals surface area contributed by atoms with Gasteiger partial charge in [-0.2, -0.15) is 0 Å². The Morgan fingerprint density at radius 3 is 2.36 bits per heavy atom. The van der Waals surface area contributed by atoms with Crippen molar-refractivity contribution in [2.75, 3.05) is 13.2 Å². The van der Waals surface area contributed by atoms with Gasteiger partial charge in [0.25, 0.3) is 0 Å². The van der Waals surface area contributed by atoms with E-state index < -0.39 is 10.0 Å². The molecule has 7 heteroatoms. The average Bonchev–Trinajstić information content (AvgIpc) is 2.84. The Bertz CT molecular complexity index is 636. The maximum absolute atomic E-state index is 12.2. The van der Waals surface area contributed by atoms with E-state index in [1.807, 2.05) is 6.92 Å². The minimum atomic E-state index is -3.61. The van der Waals surface area contributed by atoms with Gasteiger partial charge in [0.05, 0.1) is 11.5 Å². The average molecular weight is 368 g/mol. The summed E-state index contributed by atoms with van der Waals surface area (Å²) in [5, 5.41) is 3.02. The van der Waals surface area contributed by atoms with Gasteiger partial charge in [0.2, 0.25) is 15.9 Å². The summed E-state index contributed by atoms with van der Waals surface area (Å²) in [7, 11) is -3.61. The van der Waals surface area contributed by atoms with Crippen molar-refractivity contribution in [1.29, 1.82) is 0 Å². The normalized spacial score (nSPS) is 16.2. The van der Waals surface area contributed by atoms with E-state index >= 15 is 0 Å². The Kier molecular flexibility index (Phi) is 7.71. The summed E-state index contributed by atoms with van der Waals surface area (Å²) in [6.45, 7) is 2.49. The van der Waals surface area contributed by atoms with Crippen molar-refractivity contribution in [2.45, 2.75) is 62.8 Å². The quantitative estimate of drug-likeness (QED) is 0.691. The number of hydrogen-bond acceptors (Lipinski definition) is 4. The lowest BCUT2D eigenvalue weighted by Gasteiger charge is -2.16. The van der Waals surface area contributed by atoms with Gasteiger partial charge < -0.3 is 10.1 Å². The van der Waals surface area contributed by atoms with Gasteiger partial charge in [0.1, 0.15) is 5.75 Å². The first-order valence-electron chi connectivity index (χ1n) is 9.03. The highest BCUT2D eigenvalue weighted by Gasteiger charge is 2.17. The molecule has 0 radical (unpaired) electrons. The van der Waals surface area contributed by atoms with Gasteiger partial charge in [-0.15, -0.1) is 0 Å². The van der Waals surface area contributed by atoms with Crippen LogP contribution >= 0.6 is 0 Å². The second-order valence-electron chi connectivity index (χ2n) is 6.31. The van der Waals surface area contributed by atoms with Gasteiger partial charge in [0.15, 0.2) is 0 Å². The molecule has 1 amide bonds. The number of sulfonamides is 1. The maximum Gasteiger partial charge on any atom is 0.240 e. The molecule has 2 rings (SSSR count). The number of nitrogens with one attached hydrogen (secondary N) is 2. The van der Waals surface area contributed by atoms with Crippen molar-refractivity contribution in [3.05, 3.63) is 24.3 Å². The summed E-state index contributed by atoms with van der Waals surface area (Å²) in [6, 6.07) is 6.48. The Morgan fingerprint density at radius 2 is 1.76 bits per heavy atom. The molecule has 140 valence electrons. The van der Waals surface area contributed by atoms with Crippen LogP contribution in [0.25, 0.3) is 0 Å². The highest BCUT2D eigenvalue weighted by Crippen LogP contribution is 2.17. The van der Waals surface area contributed by atoms with E-state index in [-0.39, 0.29) is 29.8 Å². The zero-order chi connectivity index (χ0) is 18.1. The van der Waals surface area contributed by atoms with E-state index in [0.717, 1.165) is 25.7 Å². The molecule has 1 aromatic carbocycles. The number of amides is 1. The number of benzene rings is 1. The van der Waals surface area contributed by atoms with Crippen LogP contribution < -0.4 is 14.8 Å². The molecule has 1 saturated carbocycles. The summed E-state index contributed by atoms with van der Waals surface area (Å²) >= 11 is 0. The van der Waals surface area contributed by atoms with Crippen LogP contribution in [-0.4, -0.2) is 33.5 Å². The molecule has 0 spiro atoms. The third-order valence-electron chi connectivity index (χ3n) is 4.31. The van der Waals surface area contributed by atoms with E-state index in [4.69, 9.17) is 4.74 Å². The molecule has 0 aromatic heterocycles. The third kappa shape index (κ3) is 6.66. The van der Waals surface area contributed by atoms with E-state index in [1.54, 1.807) is 12.1 Å². The fourth-order valence-electron chi connectivity index (χ4n) is 2.99. The van der Waals surface area contributed by atoms with Gasteiger partial charge in [-0.1, -0.05) is 25.7 Å². The number of carbonyl (C=O) groups excluding carboxylic acids is 1. The Morgan fingerprint density at radius 1 is 1.12 bits per heavy atom. The molecule has 0 saturated heterocycles. The Labute approximate surface area is 150 Å².